The standard InChI is InChI=1S/C19H21F2N7O2S/c20-13-7-14(21)19(25-12-3-1-4-22-8-12)26-18(13)15-9-23-16-10-24-17(11-27(15)16)28-5-2-6-31(28,29)30/h7,9-12,22H,1-6,8H2,(H,25,26)/t12-/m1/s1. The number of sulfonamides is 1. The zero-order valence-corrected chi connectivity index (χ0v) is 17.4. The molecule has 0 radical (unpaired) electrons. The number of rotatable bonds is 4. The molecule has 0 unspecified atom stereocenters. The van der Waals surface area contributed by atoms with Gasteiger partial charge in [-0.15, -0.1) is 0 Å². The van der Waals surface area contributed by atoms with E-state index >= 15 is 0 Å². The number of fused-ring (bicyclic) bond motifs is 1. The average molecular weight is 449 g/mol. The quantitative estimate of drug-likeness (QED) is 0.626. The monoisotopic (exact) mass is 449 g/mol. The van der Waals surface area contributed by atoms with Crippen molar-refractivity contribution >= 4 is 27.3 Å². The Hall–Kier alpha value is -2.86. The number of hydrogen-bond donors (Lipinski definition) is 2. The van der Waals surface area contributed by atoms with Gasteiger partial charge in [0.05, 0.1) is 30.0 Å². The molecule has 9 nitrogen and oxygen atoms in total. The van der Waals surface area contributed by atoms with Gasteiger partial charge in [0.25, 0.3) is 0 Å². The van der Waals surface area contributed by atoms with Crippen molar-refractivity contribution in [3.05, 3.63) is 36.3 Å². The summed E-state index contributed by atoms with van der Waals surface area (Å²) in [6.07, 6.45) is 6.64. The number of hydrogen-bond acceptors (Lipinski definition) is 7. The van der Waals surface area contributed by atoms with Crippen LogP contribution in [0.15, 0.2) is 24.7 Å². The highest BCUT2D eigenvalue weighted by Crippen LogP contribution is 2.28. The Labute approximate surface area is 177 Å². The van der Waals surface area contributed by atoms with E-state index in [4.69, 9.17) is 0 Å². The van der Waals surface area contributed by atoms with Crippen molar-refractivity contribution in [3.63, 3.8) is 0 Å². The number of nitrogens with one attached hydrogen (secondary N) is 2. The van der Waals surface area contributed by atoms with Gasteiger partial charge in [0.1, 0.15) is 5.69 Å². The molecule has 0 bridgehead atoms. The zero-order chi connectivity index (χ0) is 21.6. The first kappa shape index (κ1) is 20.1. The second kappa shape index (κ2) is 7.68. The van der Waals surface area contributed by atoms with E-state index < -0.39 is 21.7 Å². The minimum Gasteiger partial charge on any atom is -0.364 e. The Morgan fingerprint density at radius 1 is 1.16 bits per heavy atom. The van der Waals surface area contributed by atoms with E-state index in [2.05, 4.69) is 25.6 Å². The third-order valence-corrected chi connectivity index (χ3v) is 7.39. The Kier molecular flexibility index (Phi) is 4.97. The van der Waals surface area contributed by atoms with E-state index in [1.54, 1.807) is 0 Å². The molecule has 2 aliphatic rings. The first-order valence-electron chi connectivity index (χ1n) is 10.1. The van der Waals surface area contributed by atoms with Crippen molar-refractivity contribution in [3.8, 4) is 11.4 Å². The number of pyridine rings is 1. The van der Waals surface area contributed by atoms with Crippen LogP contribution < -0.4 is 14.9 Å². The molecule has 0 saturated carbocycles. The van der Waals surface area contributed by atoms with Gasteiger partial charge in [-0.3, -0.25) is 8.71 Å². The van der Waals surface area contributed by atoms with Gasteiger partial charge in [0, 0.05) is 25.2 Å². The summed E-state index contributed by atoms with van der Waals surface area (Å²) < 4.78 is 56.4. The van der Waals surface area contributed by atoms with Crippen molar-refractivity contribution in [2.24, 2.45) is 0 Å². The molecular weight excluding hydrogens is 428 g/mol. The SMILES string of the molecule is O=S1(=O)CCCN1c1cn2c(-c3nc(N[C@@H]4CCCNC4)c(F)cc3F)cnc2cn1. The van der Waals surface area contributed by atoms with Crippen molar-refractivity contribution in [2.45, 2.75) is 25.3 Å². The Bertz CT molecular complexity index is 1240. The van der Waals surface area contributed by atoms with Crippen LogP contribution in [0.5, 0.6) is 0 Å². The van der Waals surface area contributed by atoms with Crippen LogP contribution in [0.25, 0.3) is 17.0 Å². The summed E-state index contributed by atoms with van der Waals surface area (Å²) in [6, 6.07) is 0.792. The Balaban J connectivity index is 1.55. The van der Waals surface area contributed by atoms with E-state index in [0.29, 0.717) is 25.2 Å². The molecule has 0 amide bonds. The molecule has 0 aliphatic carbocycles. The van der Waals surface area contributed by atoms with Crippen LogP contribution in [0.1, 0.15) is 19.3 Å². The molecule has 5 heterocycles. The number of aromatic nitrogens is 4. The van der Waals surface area contributed by atoms with Crippen molar-refractivity contribution in [2.75, 3.05) is 35.0 Å². The molecule has 3 aromatic rings. The molecule has 2 aliphatic heterocycles. The van der Waals surface area contributed by atoms with Crippen LogP contribution in [-0.2, 0) is 10.0 Å². The Morgan fingerprint density at radius 2 is 2.03 bits per heavy atom. The second-order valence-electron chi connectivity index (χ2n) is 7.70. The van der Waals surface area contributed by atoms with Crippen LogP contribution >= 0.6 is 0 Å². The fourth-order valence-electron chi connectivity index (χ4n) is 4.00. The van der Waals surface area contributed by atoms with Gasteiger partial charge in [-0.05, 0) is 25.8 Å². The van der Waals surface area contributed by atoms with Crippen molar-refractivity contribution < 1.29 is 17.2 Å². The molecule has 0 spiro atoms. The highest BCUT2D eigenvalue weighted by molar-refractivity contribution is 7.93. The van der Waals surface area contributed by atoms with Crippen LogP contribution in [0.2, 0.25) is 0 Å². The van der Waals surface area contributed by atoms with Gasteiger partial charge < -0.3 is 10.6 Å². The minimum absolute atomic E-state index is 0.00702. The maximum Gasteiger partial charge on any atom is 0.236 e. The van der Waals surface area contributed by atoms with Crippen LogP contribution in [0.3, 0.4) is 0 Å². The maximum atomic E-state index is 14.7. The molecule has 1 atom stereocenters. The number of anilines is 2. The first-order valence-corrected chi connectivity index (χ1v) is 11.7. The lowest BCUT2D eigenvalue weighted by molar-refractivity contribution is 0.475. The molecule has 2 N–H and O–H groups in total. The smallest absolute Gasteiger partial charge is 0.236 e. The summed E-state index contributed by atoms with van der Waals surface area (Å²) in [5.41, 5.74) is 0.589. The van der Waals surface area contributed by atoms with Gasteiger partial charge in [-0.1, -0.05) is 0 Å². The summed E-state index contributed by atoms with van der Waals surface area (Å²) >= 11 is 0. The molecule has 164 valence electrons. The fourth-order valence-corrected chi connectivity index (χ4v) is 5.50. The molecule has 0 aromatic carbocycles. The molecule has 31 heavy (non-hydrogen) atoms. The molecule has 12 heteroatoms. The van der Waals surface area contributed by atoms with Gasteiger partial charge in [0.15, 0.2) is 28.9 Å². The highest BCUT2D eigenvalue weighted by Gasteiger charge is 2.30. The maximum absolute atomic E-state index is 14.7. The largest absolute Gasteiger partial charge is 0.364 e. The normalized spacial score (nSPS) is 21.0. The number of nitrogens with zero attached hydrogens (tertiary/aromatic N) is 5. The lowest BCUT2D eigenvalue weighted by atomic mass is 10.1. The number of halogens is 2. The van der Waals surface area contributed by atoms with E-state index in [1.165, 1.54) is 27.3 Å². The van der Waals surface area contributed by atoms with Crippen molar-refractivity contribution in [1.29, 1.82) is 0 Å². The van der Waals surface area contributed by atoms with E-state index in [9.17, 15) is 17.2 Å². The second-order valence-corrected chi connectivity index (χ2v) is 9.71. The zero-order valence-electron chi connectivity index (χ0n) is 16.6. The molecule has 5 rings (SSSR count). The Morgan fingerprint density at radius 3 is 2.77 bits per heavy atom. The summed E-state index contributed by atoms with van der Waals surface area (Å²) in [5, 5.41) is 6.28. The van der Waals surface area contributed by atoms with Gasteiger partial charge in [-0.2, -0.15) is 0 Å². The fraction of sp³-hybridized carbons (Fsp3) is 0.421. The van der Waals surface area contributed by atoms with Crippen LogP contribution in [-0.4, -0.2) is 59.2 Å². The van der Waals surface area contributed by atoms with Gasteiger partial charge in [-0.25, -0.2) is 32.2 Å². The van der Waals surface area contributed by atoms with Crippen LogP contribution in [0.4, 0.5) is 20.4 Å². The van der Waals surface area contributed by atoms with Gasteiger partial charge >= 0.3 is 0 Å². The predicted molar refractivity (Wildman–Crippen MR) is 111 cm³/mol. The molecule has 3 aromatic heterocycles. The predicted octanol–water partition coefficient (Wildman–Crippen LogP) is 1.77. The highest BCUT2D eigenvalue weighted by atomic mass is 32.2. The van der Waals surface area contributed by atoms with E-state index in [-0.39, 0.29) is 34.8 Å². The molecule has 2 fully saturated rings. The first-order chi connectivity index (χ1) is 14.9. The van der Waals surface area contributed by atoms with Gasteiger partial charge in [0.2, 0.25) is 10.0 Å². The lowest BCUT2D eigenvalue weighted by Gasteiger charge is -2.24. The van der Waals surface area contributed by atoms with Crippen molar-refractivity contribution in [1.82, 2.24) is 24.7 Å². The third-order valence-electron chi connectivity index (χ3n) is 5.55. The third kappa shape index (κ3) is 3.69. The van der Waals surface area contributed by atoms with E-state index in [0.717, 1.165) is 25.5 Å². The molecule has 2 saturated heterocycles. The topological polar surface area (TPSA) is 105 Å². The van der Waals surface area contributed by atoms with E-state index in [1.807, 2.05) is 0 Å². The average Bonchev–Trinajstić information content (AvgIpc) is 3.32. The van der Waals surface area contributed by atoms with Crippen LogP contribution in [0, 0.1) is 11.6 Å². The number of imidazole rings is 1. The summed E-state index contributed by atoms with van der Waals surface area (Å²) in [4.78, 5) is 12.6. The summed E-state index contributed by atoms with van der Waals surface area (Å²) in [6.45, 7) is 1.91. The summed E-state index contributed by atoms with van der Waals surface area (Å²) in [5.74, 6) is -1.36. The summed E-state index contributed by atoms with van der Waals surface area (Å²) in [7, 11) is -3.42. The molecular formula is C19H21F2N7O2S. The minimum atomic E-state index is -3.42. The number of piperidine rings is 1. The lowest BCUT2D eigenvalue weighted by Crippen LogP contribution is -2.38.